The predicted molar refractivity (Wildman–Crippen MR) is 98.7 cm³/mol. The lowest BCUT2D eigenvalue weighted by Gasteiger charge is -2.05. The summed E-state index contributed by atoms with van der Waals surface area (Å²) in [5, 5.41) is 19.5. The number of nitrogen functional groups attached to an aromatic ring is 1. The van der Waals surface area contributed by atoms with Gasteiger partial charge in [0, 0.05) is 0 Å². The number of nitrogens with two attached hydrogens (primary N) is 1. The zero-order chi connectivity index (χ0) is 18.7. The molecular weight excluding hydrogens is 332 g/mol. The zero-order valence-electron chi connectivity index (χ0n) is 14.8. The minimum atomic E-state index is 0.131. The Morgan fingerprint density at radius 1 is 1.31 bits per heavy atom. The fourth-order valence-corrected chi connectivity index (χ4v) is 2.35. The Morgan fingerprint density at radius 3 is 2.65 bits per heavy atom. The zero-order valence-corrected chi connectivity index (χ0v) is 14.8. The highest BCUT2D eigenvalue weighted by Gasteiger charge is 2.17. The number of nitrogens with one attached hydrogen (secondary N) is 1. The molecule has 0 spiro atoms. The molecule has 0 unspecified atom stereocenters. The van der Waals surface area contributed by atoms with E-state index in [2.05, 4.69) is 68.3 Å². The van der Waals surface area contributed by atoms with Gasteiger partial charge < -0.3 is 5.73 Å². The molecule has 0 saturated heterocycles. The topological polar surface area (TPSA) is 120 Å². The van der Waals surface area contributed by atoms with Crippen molar-refractivity contribution in [1.82, 2.24) is 30.7 Å². The van der Waals surface area contributed by atoms with Gasteiger partial charge in [0.2, 0.25) is 11.6 Å². The van der Waals surface area contributed by atoms with Crippen LogP contribution in [0.4, 0.5) is 5.82 Å². The predicted octanol–water partition coefficient (Wildman–Crippen LogP) is 2.26. The first-order valence-electron chi connectivity index (χ1n) is 8.06. The van der Waals surface area contributed by atoms with Crippen LogP contribution in [0.25, 0.3) is 11.5 Å². The number of hydrazone groups is 1. The van der Waals surface area contributed by atoms with E-state index in [1.807, 2.05) is 19.1 Å². The standard InChI is InChI=1S/C17H20N8O/c1-10(2)14-7-5-13(6-8-14)9-19-20-11(3)15-12(4)25(24-21-15)17-16(18)22-26-23-17/h5-10,20H,3H2,1-2,4H3,(H2,18,22). The number of hydrogen-bond acceptors (Lipinski definition) is 8. The molecule has 0 amide bonds. The van der Waals surface area contributed by atoms with E-state index in [0.717, 1.165) is 5.56 Å². The molecular formula is C17H20N8O. The highest BCUT2D eigenvalue weighted by atomic mass is 16.6. The van der Waals surface area contributed by atoms with Gasteiger partial charge >= 0.3 is 0 Å². The smallest absolute Gasteiger partial charge is 0.243 e. The van der Waals surface area contributed by atoms with Gasteiger partial charge in [0.1, 0.15) is 5.69 Å². The second-order valence-corrected chi connectivity index (χ2v) is 6.08. The lowest BCUT2D eigenvalue weighted by atomic mass is 10.0. The van der Waals surface area contributed by atoms with Crippen molar-refractivity contribution >= 4 is 17.7 Å². The average Bonchev–Trinajstić information content (AvgIpc) is 3.20. The molecule has 1 aromatic carbocycles. The molecule has 0 fully saturated rings. The van der Waals surface area contributed by atoms with Gasteiger partial charge in [-0.25, -0.2) is 4.63 Å². The van der Waals surface area contributed by atoms with E-state index in [0.29, 0.717) is 23.0 Å². The summed E-state index contributed by atoms with van der Waals surface area (Å²) in [5.74, 6) is 0.909. The average molecular weight is 352 g/mol. The summed E-state index contributed by atoms with van der Waals surface area (Å²) < 4.78 is 6.02. The van der Waals surface area contributed by atoms with Gasteiger partial charge in [-0.3, -0.25) is 5.43 Å². The van der Waals surface area contributed by atoms with Crippen molar-refractivity contribution in [2.45, 2.75) is 26.7 Å². The highest BCUT2D eigenvalue weighted by Crippen LogP contribution is 2.18. The molecule has 2 aromatic heterocycles. The quantitative estimate of drug-likeness (QED) is 0.515. The summed E-state index contributed by atoms with van der Waals surface area (Å²) >= 11 is 0. The number of benzene rings is 1. The van der Waals surface area contributed by atoms with Crippen LogP contribution < -0.4 is 11.2 Å². The largest absolute Gasteiger partial charge is 0.378 e. The van der Waals surface area contributed by atoms with Crippen molar-refractivity contribution < 1.29 is 4.63 Å². The van der Waals surface area contributed by atoms with Crippen LogP contribution in [0.2, 0.25) is 0 Å². The van der Waals surface area contributed by atoms with E-state index in [-0.39, 0.29) is 11.6 Å². The van der Waals surface area contributed by atoms with Gasteiger partial charge in [-0.2, -0.15) is 9.78 Å². The van der Waals surface area contributed by atoms with Gasteiger partial charge in [-0.1, -0.05) is 49.9 Å². The van der Waals surface area contributed by atoms with Crippen LogP contribution in [0.3, 0.4) is 0 Å². The van der Waals surface area contributed by atoms with Gasteiger partial charge in [0.05, 0.1) is 17.6 Å². The minimum Gasteiger partial charge on any atom is -0.378 e. The van der Waals surface area contributed by atoms with Gasteiger partial charge in [0.25, 0.3) is 0 Å². The summed E-state index contributed by atoms with van der Waals surface area (Å²) in [6, 6.07) is 8.22. The molecule has 0 saturated carbocycles. The van der Waals surface area contributed by atoms with Crippen molar-refractivity contribution in [2.75, 3.05) is 5.73 Å². The van der Waals surface area contributed by atoms with Crippen LogP contribution in [-0.2, 0) is 0 Å². The molecule has 0 radical (unpaired) electrons. The van der Waals surface area contributed by atoms with Gasteiger partial charge in [-0.15, -0.1) is 5.10 Å². The maximum Gasteiger partial charge on any atom is 0.243 e. The third kappa shape index (κ3) is 3.46. The Morgan fingerprint density at radius 2 is 2.04 bits per heavy atom. The summed E-state index contributed by atoms with van der Waals surface area (Å²) in [5.41, 5.74) is 12.5. The van der Waals surface area contributed by atoms with Crippen LogP contribution in [-0.4, -0.2) is 31.5 Å². The number of nitrogens with zero attached hydrogens (tertiary/aromatic N) is 6. The first-order valence-corrected chi connectivity index (χ1v) is 8.06. The molecule has 0 aliphatic heterocycles. The van der Waals surface area contributed by atoms with Crippen molar-refractivity contribution in [3.05, 3.63) is 53.4 Å². The van der Waals surface area contributed by atoms with E-state index >= 15 is 0 Å². The van der Waals surface area contributed by atoms with E-state index in [9.17, 15) is 0 Å². The third-order valence-corrected chi connectivity index (χ3v) is 3.89. The second-order valence-electron chi connectivity index (χ2n) is 6.08. The van der Waals surface area contributed by atoms with E-state index in [4.69, 9.17) is 5.73 Å². The summed E-state index contributed by atoms with van der Waals surface area (Å²) in [6.07, 6.45) is 1.72. The highest BCUT2D eigenvalue weighted by molar-refractivity contribution is 5.80. The van der Waals surface area contributed by atoms with E-state index in [1.165, 1.54) is 10.2 Å². The normalized spacial score (nSPS) is 11.4. The van der Waals surface area contributed by atoms with Gasteiger partial charge in [-0.05, 0) is 34.3 Å². The fraction of sp³-hybridized carbons (Fsp3) is 0.235. The SMILES string of the molecule is C=C(NN=Cc1ccc(C(C)C)cc1)c1nnn(-c2nonc2N)c1C. The van der Waals surface area contributed by atoms with Crippen LogP contribution in [0.5, 0.6) is 0 Å². The van der Waals surface area contributed by atoms with Crippen LogP contribution in [0.15, 0.2) is 40.6 Å². The molecule has 0 bridgehead atoms. The monoisotopic (exact) mass is 352 g/mol. The van der Waals surface area contributed by atoms with E-state index in [1.54, 1.807) is 6.21 Å². The number of hydrogen-bond donors (Lipinski definition) is 2. The molecule has 3 aromatic rings. The van der Waals surface area contributed by atoms with Crippen LogP contribution in [0.1, 0.15) is 42.3 Å². The molecule has 9 nitrogen and oxygen atoms in total. The first kappa shape index (κ1) is 17.3. The van der Waals surface area contributed by atoms with Gasteiger partial charge in [0.15, 0.2) is 0 Å². The Balaban J connectivity index is 1.69. The van der Waals surface area contributed by atoms with Crippen molar-refractivity contribution in [1.29, 1.82) is 0 Å². The second kappa shape index (κ2) is 7.18. The summed E-state index contributed by atoms with van der Waals surface area (Å²) in [7, 11) is 0. The fourth-order valence-electron chi connectivity index (χ4n) is 2.35. The number of rotatable bonds is 6. The van der Waals surface area contributed by atoms with Crippen molar-refractivity contribution in [3.63, 3.8) is 0 Å². The first-order chi connectivity index (χ1) is 12.5. The molecule has 26 heavy (non-hydrogen) atoms. The lowest BCUT2D eigenvalue weighted by molar-refractivity contribution is 0.306. The molecule has 9 heteroatoms. The summed E-state index contributed by atoms with van der Waals surface area (Å²) in [4.78, 5) is 0. The molecule has 0 aliphatic rings. The number of anilines is 1. The third-order valence-electron chi connectivity index (χ3n) is 3.89. The lowest BCUT2D eigenvalue weighted by Crippen LogP contribution is -2.07. The van der Waals surface area contributed by atoms with E-state index < -0.39 is 0 Å². The minimum absolute atomic E-state index is 0.131. The Kier molecular flexibility index (Phi) is 4.78. The molecule has 3 rings (SSSR count). The molecule has 3 N–H and O–H groups in total. The maximum atomic E-state index is 5.68. The Labute approximate surface area is 150 Å². The van der Waals surface area contributed by atoms with Crippen molar-refractivity contribution in [3.8, 4) is 5.82 Å². The van der Waals surface area contributed by atoms with Crippen LogP contribution in [0, 0.1) is 6.92 Å². The maximum absolute atomic E-state index is 5.68. The molecule has 0 aliphatic carbocycles. The Hall–Kier alpha value is -3.49. The van der Waals surface area contributed by atoms with Crippen molar-refractivity contribution in [2.24, 2.45) is 5.10 Å². The Bertz CT molecular complexity index is 936. The number of aromatic nitrogens is 5. The molecule has 134 valence electrons. The summed E-state index contributed by atoms with van der Waals surface area (Å²) in [6.45, 7) is 10.1. The van der Waals surface area contributed by atoms with Crippen LogP contribution >= 0.6 is 0 Å². The molecule has 2 heterocycles. The molecule has 0 atom stereocenters.